The summed E-state index contributed by atoms with van der Waals surface area (Å²) in [5, 5.41) is 18.7. The van der Waals surface area contributed by atoms with Crippen molar-refractivity contribution < 1.29 is 9.67 Å². The van der Waals surface area contributed by atoms with E-state index in [0.717, 1.165) is 49.3 Å². The molecule has 0 atom stereocenters. The minimum atomic E-state index is 0.387. The van der Waals surface area contributed by atoms with E-state index >= 15 is 0 Å². The van der Waals surface area contributed by atoms with Crippen LogP contribution in [0.5, 0.6) is 5.75 Å². The minimum absolute atomic E-state index is 0.387. The number of phenolic OH excluding ortho intramolecular Hbond substituents is 1. The van der Waals surface area contributed by atoms with Gasteiger partial charge in [0.2, 0.25) is 11.2 Å². The summed E-state index contributed by atoms with van der Waals surface area (Å²) in [7, 11) is 3.97. The van der Waals surface area contributed by atoms with Crippen LogP contribution < -0.4 is 14.5 Å². The van der Waals surface area contributed by atoms with Gasteiger partial charge in [0.15, 0.2) is 0 Å². The first-order valence-electron chi connectivity index (χ1n) is 10.4. The summed E-state index contributed by atoms with van der Waals surface area (Å²) in [5.41, 5.74) is 6.70. The second kappa shape index (κ2) is 7.07. The fourth-order valence-corrected chi connectivity index (χ4v) is 4.77. The third-order valence-electron chi connectivity index (χ3n) is 6.31. The fourth-order valence-electron chi connectivity index (χ4n) is 4.77. The van der Waals surface area contributed by atoms with Crippen molar-refractivity contribution in [3.05, 3.63) is 59.3 Å². The molecule has 2 aliphatic rings. The van der Waals surface area contributed by atoms with Crippen LogP contribution in [0.1, 0.15) is 29.7 Å². The predicted octanol–water partition coefficient (Wildman–Crippen LogP) is 3.54. The Hall–Kier alpha value is -3.08. The number of benzene rings is 2. The highest BCUT2D eigenvalue weighted by Crippen LogP contribution is 2.45. The van der Waals surface area contributed by atoms with Crippen LogP contribution in [0.25, 0.3) is 10.9 Å². The SMILES string of the molecule is CN(N=Cc1ccc2ccccc2[n+]1C)c1cc2c3c(c1O)CCCN3CCC2. The average molecular weight is 388 g/mol. The first-order valence-corrected chi connectivity index (χ1v) is 10.4. The molecular formula is C24H27N4O+. The largest absolute Gasteiger partial charge is 0.505 e. The second-order valence-corrected chi connectivity index (χ2v) is 8.07. The van der Waals surface area contributed by atoms with Gasteiger partial charge in [0.25, 0.3) is 0 Å². The molecule has 0 spiro atoms. The van der Waals surface area contributed by atoms with Crippen molar-refractivity contribution in [2.75, 3.05) is 30.0 Å². The quantitative estimate of drug-likeness (QED) is 0.425. The lowest BCUT2D eigenvalue weighted by Crippen LogP contribution is -2.35. The number of anilines is 2. The molecule has 1 N–H and O–H groups in total. The van der Waals surface area contributed by atoms with Gasteiger partial charge >= 0.3 is 0 Å². The van der Waals surface area contributed by atoms with Crippen molar-refractivity contribution in [1.29, 1.82) is 0 Å². The molecule has 0 fully saturated rings. The molecule has 0 unspecified atom stereocenters. The van der Waals surface area contributed by atoms with Crippen LogP contribution in [0.2, 0.25) is 0 Å². The normalized spacial score (nSPS) is 15.7. The second-order valence-electron chi connectivity index (χ2n) is 8.07. The molecule has 0 amide bonds. The van der Waals surface area contributed by atoms with Crippen LogP contribution in [0.3, 0.4) is 0 Å². The summed E-state index contributed by atoms with van der Waals surface area (Å²) in [6, 6.07) is 14.7. The molecule has 1 aromatic heterocycles. The van der Waals surface area contributed by atoms with Gasteiger partial charge in [-0.05, 0) is 49.4 Å². The van der Waals surface area contributed by atoms with Gasteiger partial charge in [0, 0.05) is 48.9 Å². The molecule has 0 saturated carbocycles. The zero-order chi connectivity index (χ0) is 20.0. The number of phenols is 1. The van der Waals surface area contributed by atoms with Crippen molar-refractivity contribution in [3.63, 3.8) is 0 Å². The van der Waals surface area contributed by atoms with Crippen LogP contribution in [-0.4, -0.2) is 31.5 Å². The third-order valence-corrected chi connectivity index (χ3v) is 6.31. The maximum absolute atomic E-state index is 11.0. The average Bonchev–Trinajstić information content (AvgIpc) is 2.76. The van der Waals surface area contributed by atoms with Crippen molar-refractivity contribution in [3.8, 4) is 5.75 Å². The number of para-hydroxylation sites is 1. The first-order chi connectivity index (χ1) is 14.1. The Balaban J connectivity index is 1.50. The molecule has 2 aliphatic heterocycles. The van der Waals surface area contributed by atoms with E-state index in [1.807, 2.05) is 13.3 Å². The molecular weight excluding hydrogens is 360 g/mol. The number of hydrogen-bond donors (Lipinski definition) is 1. The predicted molar refractivity (Wildman–Crippen MR) is 118 cm³/mol. The summed E-state index contributed by atoms with van der Waals surface area (Å²) in [5.74, 6) is 0.387. The zero-order valence-electron chi connectivity index (χ0n) is 17.1. The molecule has 5 rings (SSSR count). The smallest absolute Gasteiger partial charge is 0.225 e. The summed E-state index contributed by atoms with van der Waals surface area (Å²) in [6.45, 7) is 2.20. The highest BCUT2D eigenvalue weighted by Gasteiger charge is 2.28. The number of nitrogens with zero attached hydrogens (tertiary/aromatic N) is 4. The lowest BCUT2D eigenvalue weighted by Gasteiger charge is -2.38. The summed E-state index contributed by atoms with van der Waals surface area (Å²) >= 11 is 0. The molecule has 0 aliphatic carbocycles. The Morgan fingerprint density at radius 1 is 1.10 bits per heavy atom. The Bertz CT molecular complexity index is 1120. The number of hydrogen-bond acceptors (Lipinski definition) is 4. The standard InChI is InChI=1S/C24H26N4O/c1-26-19(12-11-17-7-3-4-10-21(17)26)16-25-27(2)22-15-18-8-5-13-28-14-6-9-20(23(18)28)24(22)29/h3-4,7,10-12,15-16H,5-6,8-9,13-14H2,1-2H3/p+1. The zero-order valence-corrected chi connectivity index (χ0v) is 17.1. The lowest BCUT2D eigenvalue weighted by molar-refractivity contribution is -0.645. The number of hydrazone groups is 1. The fraction of sp³-hybridized carbons (Fsp3) is 0.333. The Morgan fingerprint density at radius 3 is 2.76 bits per heavy atom. The summed E-state index contributed by atoms with van der Waals surface area (Å²) in [4.78, 5) is 2.44. The topological polar surface area (TPSA) is 43.0 Å². The van der Waals surface area contributed by atoms with Crippen molar-refractivity contribution in [2.24, 2.45) is 12.1 Å². The van der Waals surface area contributed by atoms with E-state index in [0.29, 0.717) is 5.75 Å². The molecule has 0 bridgehead atoms. The highest BCUT2D eigenvalue weighted by molar-refractivity contribution is 5.82. The Morgan fingerprint density at radius 2 is 1.90 bits per heavy atom. The van der Waals surface area contributed by atoms with Gasteiger partial charge in [0.05, 0.1) is 0 Å². The number of aryl methyl sites for hydroxylation is 2. The number of aromatic nitrogens is 1. The molecule has 0 saturated heterocycles. The van der Waals surface area contributed by atoms with E-state index in [9.17, 15) is 5.11 Å². The van der Waals surface area contributed by atoms with Crippen LogP contribution in [0.15, 0.2) is 47.6 Å². The van der Waals surface area contributed by atoms with Crippen LogP contribution >= 0.6 is 0 Å². The Kier molecular flexibility index (Phi) is 4.38. The van der Waals surface area contributed by atoms with Crippen LogP contribution in [-0.2, 0) is 19.9 Å². The van der Waals surface area contributed by atoms with Gasteiger partial charge in [-0.3, -0.25) is 5.01 Å². The molecule has 0 radical (unpaired) electrons. The van der Waals surface area contributed by atoms with Crippen LogP contribution in [0.4, 0.5) is 11.4 Å². The molecule has 3 heterocycles. The van der Waals surface area contributed by atoms with E-state index in [2.05, 4.69) is 64.1 Å². The number of rotatable bonds is 3. The maximum atomic E-state index is 11.0. The van der Waals surface area contributed by atoms with E-state index in [1.54, 1.807) is 5.01 Å². The summed E-state index contributed by atoms with van der Waals surface area (Å²) < 4.78 is 2.14. The number of fused-ring (bicyclic) bond motifs is 1. The minimum Gasteiger partial charge on any atom is -0.505 e. The van der Waals surface area contributed by atoms with Crippen molar-refractivity contribution in [1.82, 2.24) is 0 Å². The number of pyridine rings is 1. The van der Waals surface area contributed by atoms with Gasteiger partial charge < -0.3 is 10.0 Å². The first kappa shape index (κ1) is 18.0. The van der Waals surface area contributed by atoms with E-state index in [1.165, 1.54) is 28.6 Å². The molecule has 29 heavy (non-hydrogen) atoms. The highest BCUT2D eigenvalue weighted by atomic mass is 16.3. The van der Waals surface area contributed by atoms with Gasteiger partial charge in [-0.15, -0.1) is 0 Å². The van der Waals surface area contributed by atoms with Crippen molar-refractivity contribution in [2.45, 2.75) is 25.7 Å². The van der Waals surface area contributed by atoms with Gasteiger partial charge in [0.1, 0.15) is 24.7 Å². The van der Waals surface area contributed by atoms with Crippen molar-refractivity contribution >= 4 is 28.5 Å². The van der Waals surface area contributed by atoms with E-state index in [-0.39, 0.29) is 0 Å². The van der Waals surface area contributed by atoms with Gasteiger partial charge in [-0.2, -0.15) is 9.67 Å². The molecule has 148 valence electrons. The van der Waals surface area contributed by atoms with Gasteiger partial charge in [-0.25, -0.2) is 0 Å². The molecule has 5 nitrogen and oxygen atoms in total. The monoisotopic (exact) mass is 387 g/mol. The van der Waals surface area contributed by atoms with E-state index in [4.69, 9.17) is 0 Å². The molecule has 3 aromatic rings. The number of aromatic hydroxyl groups is 1. The molecule has 5 heteroatoms. The third kappa shape index (κ3) is 3.01. The molecule has 2 aromatic carbocycles. The Labute approximate surface area is 171 Å². The maximum Gasteiger partial charge on any atom is 0.225 e. The summed E-state index contributed by atoms with van der Waals surface area (Å²) in [6.07, 6.45) is 6.15. The van der Waals surface area contributed by atoms with Gasteiger partial charge in [-0.1, -0.05) is 12.1 Å². The van der Waals surface area contributed by atoms with E-state index < -0.39 is 0 Å². The lowest BCUT2D eigenvalue weighted by atomic mass is 9.90. The van der Waals surface area contributed by atoms with Crippen LogP contribution in [0, 0.1) is 0 Å².